The molecule has 1 fully saturated rings. The zero-order chi connectivity index (χ0) is 27.6. The lowest BCUT2D eigenvalue weighted by Gasteiger charge is -2.60. The van der Waals surface area contributed by atoms with Crippen LogP contribution in [0.25, 0.3) is 0 Å². The number of phenols is 2. The molecule has 3 heterocycles. The summed E-state index contributed by atoms with van der Waals surface area (Å²) in [5.74, 6) is 1.69. The molecule has 0 aromatic heterocycles. The number of benzene rings is 2. The van der Waals surface area contributed by atoms with Crippen LogP contribution in [0.2, 0.25) is 0 Å². The molecule has 3 aliphatic rings. The van der Waals surface area contributed by atoms with Crippen molar-refractivity contribution in [1.82, 2.24) is 9.80 Å². The SMILES string of the molecule is COc1c(C)c(OC)c2c(c1O)[C@H]1[C@@H]3Cc4c(OC)c(C)c(CO)c(O)c4[C@H](CN)N3[C@@H](C#N)[C@H](C2)N1C. The number of aliphatic hydroxyl groups is 1. The minimum absolute atomic E-state index is 0.00214. The minimum atomic E-state index is -0.547. The van der Waals surface area contributed by atoms with Crippen molar-refractivity contribution in [2.45, 2.75) is 63.5 Å². The highest BCUT2D eigenvalue weighted by Gasteiger charge is 2.56. The van der Waals surface area contributed by atoms with Crippen LogP contribution in [0.4, 0.5) is 0 Å². The van der Waals surface area contributed by atoms with Gasteiger partial charge in [0, 0.05) is 57.6 Å². The van der Waals surface area contributed by atoms with Gasteiger partial charge in [0.1, 0.15) is 23.3 Å². The van der Waals surface area contributed by atoms with Crippen molar-refractivity contribution in [2.24, 2.45) is 5.73 Å². The molecular formula is C28H36N4O6. The molecule has 5 rings (SSSR count). The van der Waals surface area contributed by atoms with E-state index in [2.05, 4.69) is 15.9 Å². The Kier molecular flexibility index (Phi) is 6.60. The van der Waals surface area contributed by atoms with Crippen molar-refractivity contribution >= 4 is 0 Å². The van der Waals surface area contributed by atoms with Gasteiger partial charge in [-0.1, -0.05) is 0 Å². The summed E-state index contributed by atoms with van der Waals surface area (Å²) in [7, 11) is 6.70. The third-order valence-electron chi connectivity index (χ3n) is 9.02. The number of piperazine rings is 1. The third-order valence-corrected chi connectivity index (χ3v) is 9.02. The van der Waals surface area contributed by atoms with Crippen LogP contribution in [0, 0.1) is 25.2 Å². The number of hydrogen-bond acceptors (Lipinski definition) is 10. The van der Waals surface area contributed by atoms with Gasteiger partial charge in [0.2, 0.25) is 0 Å². The average molecular weight is 525 g/mol. The third kappa shape index (κ3) is 3.26. The highest BCUT2D eigenvalue weighted by atomic mass is 16.5. The zero-order valence-corrected chi connectivity index (χ0v) is 22.7. The monoisotopic (exact) mass is 524 g/mol. The Balaban J connectivity index is 1.82. The van der Waals surface area contributed by atoms with Gasteiger partial charge in [-0.2, -0.15) is 5.26 Å². The Bertz CT molecular complexity index is 1340. The van der Waals surface area contributed by atoms with Crippen LogP contribution < -0.4 is 19.9 Å². The van der Waals surface area contributed by atoms with Gasteiger partial charge in [-0.25, -0.2) is 0 Å². The first-order chi connectivity index (χ1) is 18.2. The molecule has 0 saturated carbocycles. The summed E-state index contributed by atoms with van der Waals surface area (Å²) in [5, 5.41) is 43.5. The smallest absolute Gasteiger partial charge is 0.167 e. The molecular weight excluding hydrogens is 488 g/mol. The molecule has 2 aromatic rings. The average Bonchev–Trinajstić information content (AvgIpc) is 2.89. The van der Waals surface area contributed by atoms with E-state index in [4.69, 9.17) is 19.9 Å². The molecule has 10 heteroatoms. The fraction of sp³-hybridized carbons (Fsp3) is 0.536. The van der Waals surface area contributed by atoms with Crippen molar-refractivity contribution in [1.29, 1.82) is 5.26 Å². The minimum Gasteiger partial charge on any atom is -0.507 e. The lowest BCUT2D eigenvalue weighted by Crippen LogP contribution is -2.68. The van der Waals surface area contributed by atoms with Gasteiger partial charge >= 0.3 is 0 Å². The van der Waals surface area contributed by atoms with Crippen LogP contribution in [0.5, 0.6) is 28.7 Å². The van der Waals surface area contributed by atoms with Gasteiger partial charge < -0.3 is 35.3 Å². The standard InChI is InChI=1S/C28H36N4O6/c1-12-16(11-33)24(34)21-14(26(12)36-4)8-18-23-22-15(27(37-5)13(2)28(38-6)25(22)35)7-17(31(23)3)19(9-29)32(18)20(21)10-30/h17-20,23,33-35H,7-8,10-11,30H2,1-6H3/t17-,18-,19-,20-,23+/m0/s1. The molecule has 3 aliphatic heterocycles. The molecule has 5 N–H and O–H groups in total. The molecule has 5 atom stereocenters. The van der Waals surface area contributed by atoms with Crippen LogP contribution in [-0.4, -0.2) is 78.2 Å². The van der Waals surface area contributed by atoms with Crippen LogP contribution in [-0.2, 0) is 19.4 Å². The molecule has 0 unspecified atom stereocenters. The number of methoxy groups -OCH3 is 3. The summed E-state index contributed by atoms with van der Waals surface area (Å²) in [6.07, 6.45) is 0.924. The molecule has 10 nitrogen and oxygen atoms in total. The van der Waals surface area contributed by atoms with E-state index in [0.717, 1.165) is 16.7 Å². The van der Waals surface area contributed by atoms with Gasteiger partial charge in [0.15, 0.2) is 11.5 Å². The molecule has 204 valence electrons. The van der Waals surface area contributed by atoms with Crippen molar-refractivity contribution in [2.75, 3.05) is 34.9 Å². The topological polar surface area (TPSA) is 145 Å². The number of aliphatic hydroxyl groups excluding tert-OH is 1. The van der Waals surface area contributed by atoms with Crippen LogP contribution in [0.3, 0.4) is 0 Å². The number of ether oxygens (including phenoxy) is 3. The summed E-state index contributed by atoms with van der Waals surface area (Å²) >= 11 is 0. The first-order valence-electron chi connectivity index (χ1n) is 12.8. The maximum atomic E-state index is 11.5. The zero-order valence-electron chi connectivity index (χ0n) is 22.7. The molecule has 2 bridgehead atoms. The van der Waals surface area contributed by atoms with Gasteiger partial charge in [-0.15, -0.1) is 0 Å². The number of rotatable bonds is 5. The van der Waals surface area contributed by atoms with Gasteiger partial charge in [0.25, 0.3) is 0 Å². The summed E-state index contributed by atoms with van der Waals surface area (Å²) < 4.78 is 17.3. The lowest BCUT2D eigenvalue weighted by atomic mass is 9.71. The fourth-order valence-corrected chi connectivity index (χ4v) is 7.46. The second-order valence-electron chi connectivity index (χ2n) is 10.4. The van der Waals surface area contributed by atoms with Crippen molar-refractivity contribution in [3.8, 4) is 34.8 Å². The number of nitriles is 1. The van der Waals surface area contributed by atoms with E-state index in [1.807, 2.05) is 20.9 Å². The normalized spacial score (nSPS) is 26.1. The van der Waals surface area contributed by atoms with Gasteiger partial charge in [-0.3, -0.25) is 9.80 Å². The molecule has 1 saturated heterocycles. The number of aromatic hydroxyl groups is 2. The van der Waals surface area contributed by atoms with E-state index in [9.17, 15) is 20.6 Å². The predicted molar refractivity (Wildman–Crippen MR) is 140 cm³/mol. The number of nitrogens with zero attached hydrogens (tertiary/aromatic N) is 3. The molecule has 2 aromatic carbocycles. The number of nitrogens with two attached hydrogens (primary N) is 1. The Morgan fingerprint density at radius 2 is 1.50 bits per heavy atom. The van der Waals surface area contributed by atoms with E-state index in [-0.39, 0.29) is 42.8 Å². The Hall–Kier alpha value is -3.23. The highest BCUT2D eigenvalue weighted by Crippen LogP contribution is 2.57. The van der Waals surface area contributed by atoms with Crippen molar-refractivity contribution in [3.63, 3.8) is 0 Å². The number of fused-ring (bicyclic) bond motifs is 7. The van der Waals surface area contributed by atoms with E-state index in [0.29, 0.717) is 52.3 Å². The van der Waals surface area contributed by atoms with E-state index >= 15 is 0 Å². The number of likely N-dealkylation sites (N-methyl/N-ethyl adjacent to an activating group) is 1. The summed E-state index contributed by atoms with van der Waals surface area (Å²) in [6, 6.07) is 0.681. The predicted octanol–water partition coefficient (Wildman–Crippen LogP) is 1.96. The summed E-state index contributed by atoms with van der Waals surface area (Å²) in [6.45, 7) is 3.47. The molecule has 38 heavy (non-hydrogen) atoms. The van der Waals surface area contributed by atoms with Crippen LogP contribution in [0.15, 0.2) is 0 Å². The number of phenolic OH excluding ortho intramolecular Hbond substituents is 1. The van der Waals surface area contributed by atoms with Crippen molar-refractivity contribution < 1.29 is 29.5 Å². The Labute approximate surface area is 222 Å². The Morgan fingerprint density at radius 1 is 0.921 bits per heavy atom. The molecule has 0 spiro atoms. The van der Waals surface area contributed by atoms with Crippen molar-refractivity contribution in [3.05, 3.63) is 38.9 Å². The quantitative estimate of drug-likeness (QED) is 0.458. The Morgan fingerprint density at radius 3 is 2.05 bits per heavy atom. The fourth-order valence-electron chi connectivity index (χ4n) is 7.46. The van der Waals surface area contributed by atoms with E-state index in [1.54, 1.807) is 14.2 Å². The second kappa shape index (κ2) is 9.50. The van der Waals surface area contributed by atoms with Crippen LogP contribution >= 0.6 is 0 Å². The number of hydrogen-bond donors (Lipinski definition) is 4. The maximum absolute atomic E-state index is 11.5. The van der Waals surface area contributed by atoms with Crippen LogP contribution in [0.1, 0.15) is 51.0 Å². The molecule has 0 aliphatic carbocycles. The van der Waals surface area contributed by atoms with Gasteiger partial charge in [-0.05, 0) is 33.7 Å². The summed E-state index contributed by atoms with van der Waals surface area (Å²) in [5.41, 5.74) is 11.2. The first-order valence-corrected chi connectivity index (χ1v) is 12.8. The second-order valence-corrected chi connectivity index (χ2v) is 10.4. The molecule has 0 radical (unpaired) electrons. The highest BCUT2D eigenvalue weighted by molar-refractivity contribution is 5.66. The van der Waals surface area contributed by atoms with Gasteiger partial charge in [0.05, 0.1) is 46.1 Å². The van der Waals surface area contributed by atoms with E-state index in [1.165, 1.54) is 7.11 Å². The lowest BCUT2D eigenvalue weighted by molar-refractivity contribution is -0.0713. The maximum Gasteiger partial charge on any atom is 0.167 e. The first kappa shape index (κ1) is 26.4. The van der Waals surface area contributed by atoms with E-state index < -0.39 is 12.1 Å². The largest absolute Gasteiger partial charge is 0.507 e. The molecule has 0 amide bonds. The summed E-state index contributed by atoms with van der Waals surface area (Å²) in [4.78, 5) is 4.28.